The molecule has 20 heteroatoms. The number of hydrogen-bond donors (Lipinski definition) is 0. The van der Waals surface area contributed by atoms with E-state index < -0.39 is 109 Å². The van der Waals surface area contributed by atoms with Gasteiger partial charge in [0.2, 0.25) is 13.6 Å². The number of carbonyl (C=O) groups is 10. The van der Waals surface area contributed by atoms with Crippen LogP contribution in [0.15, 0.2) is 87.0 Å². The molecular formula is C52H56O20. The zero-order valence-corrected chi connectivity index (χ0v) is 39.5. The zero-order valence-electron chi connectivity index (χ0n) is 39.5. The minimum atomic E-state index is -0.876. The van der Waals surface area contributed by atoms with Crippen molar-refractivity contribution in [2.45, 2.75) is 77.0 Å². The van der Waals surface area contributed by atoms with Crippen molar-refractivity contribution in [1.29, 1.82) is 0 Å². The van der Waals surface area contributed by atoms with Gasteiger partial charge in [0.15, 0.2) is 0 Å². The van der Waals surface area contributed by atoms with E-state index in [0.29, 0.717) is 25.7 Å². The average molecular weight is 1000 g/mol. The average Bonchev–Trinajstić information content (AvgIpc) is 3.39. The fraction of sp³-hybridized carbons (Fsp3) is 0.423. The van der Waals surface area contributed by atoms with Gasteiger partial charge in [-0.05, 0) is 113 Å². The van der Waals surface area contributed by atoms with E-state index in [1.807, 2.05) is 0 Å². The van der Waals surface area contributed by atoms with Crippen LogP contribution in [0.4, 0.5) is 0 Å². The van der Waals surface area contributed by atoms with E-state index in [1.165, 1.54) is 48.6 Å². The molecule has 0 saturated heterocycles. The second kappa shape index (κ2) is 27.5. The predicted octanol–water partition coefficient (Wildman–Crippen LogP) is 6.57. The maximum atomic E-state index is 13.4. The van der Waals surface area contributed by atoms with Crippen LogP contribution >= 0.6 is 0 Å². The largest absolute Gasteiger partial charge is 0.458 e. The Morgan fingerprint density at radius 2 is 0.681 bits per heavy atom. The Morgan fingerprint density at radius 1 is 0.389 bits per heavy atom. The lowest BCUT2D eigenvalue weighted by Crippen LogP contribution is -2.31. The van der Waals surface area contributed by atoms with E-state index in [-0.39, 0.29) is 98.7 Å². The van der Waals surface area contributed by atoms with Gasteiger partial charge in [-0.2, -0.15) is 0 Å². The van der Waals surface area contributed by atoms with Crippen LogP contribution < -0.4 is 18.9 Å². The summed E-state index contributed by atoms with van der Waals surface area (Å²) < 4.78 is 52.3. The van der Waals surface area contributed by atoms with Crippen molar-refractivity contribution in [1.82, 2.24) is 0 Å². The Labute approximate surface area is 414 Å². The molecule has 0 N–H and O–H groups in total. The third-order valence-corrected chi connectivity index (χ3v) is 12.2. The van der Waals surface area contributed by atoms with Crippen LogP contribution in [0.5, 0.6) is 23.0 Å². The highest BCUT2D eigenvalue weighted by Crippen LogP contribution is 2.36. The summed E-state index contributed by atoms with van der Waals surface area (Å²) in [5, 5.41) is 0. The molecule has 72 heavy (non-hydrogen) atoms. The van der Waals surface area contributed by atoms with Gasteiger partial charge in [-0.15, -0.1) is 0 Å². The highest BCUT2D eigenvalue weighted by molar-refractivity contribution is 5.95. The third kappa shape index (κ3) is 16.1. The van der Waals surface area contributed by atoms with Crippen molar-refractivity contribution in [3.05, 3.63) is 98.1 Å². The standard InChI is InChI=1S/C52H56O20/c1-5-25-63-51(61)39-27-37(21-23-41(39)71-49(59)35-13-9-31(10-14-35)45(55)67-29-65-43(53)7-3)69-47(57)33-17-19-34(20-18-33)48(58)70-38-22-24-42(40(28-38)52(62)64-26-6-2)72-50(60)36-15-11-32(12-16-36)46(56)68-30-66-44(54)8-4/h5-8,21-24,27-28,31-36H,1-4,9-20,25-26,29-30H2. The molecule has 0 aromatic heterocycles. The van der Waals surface area contributed by atoms with Crippen LogP contribution in [0.1, 0.15) is 97.8 Å². The number of carbonyl (C=O) groups excluding carboxylic acids is 10. The summed E-state index contributed by atoms with van der Waals surface area (Å²) in [6.45, 7) is 12.2. The molecule has 3 aliphatic carbocycles. The highest BCUT2D eigenvalue weighted by Gasteiger charge is 2.36. The van der Waals surface area contributed by atoms with E-state index in [4.69, 9.17) is 37.9 Å². The second-order valence-electron chi connectivity index (χ2n) is 16.9. The molecule has 0 atom stereocenters. The van der Waals surface area contributed by atoms with Crippen molar-refractivity contribution >= 4 is 59.7 Å². The second-order valence-corrected chi connectivity index (χ2v) is 16.9. The van der Waals surface area contributed by atoms with Gasteiger partial charge in [-0.1, -0.05) is 38.5 Å². The summed E-state index contributed by atoms with van der Waals surface area (Å²) in [7, 11) is 0. The van der Waals surface area contributed by atoms with Crippen molar-refractivity contribution in [2.24, 2.45) is 35.5 Å². The molecule has 20 nitrogen and oxygen atoms in total. The molecule has 0 unspecified atom stereocenters. The van der Waals surface area contributed by atoms with Crippen LogP contribution in [0.2, 0.25) is 0 Å². The van der Waals surface area contributed by atoms with Crippen LogP contribution in [0, 0.1) is 35.5 Å². The Bertz CT molecular complexity index is 2230. The molecule has 0 bridgehead atoms. The van der Waals surface area contributed by atoms with E-state index >= 15 is 0 Å². The SMILES string of the molecule is C=CCOC(=O)c1cc(OC(=O)C2CCC(C(=O)Oc3ccc(OC(=O)C4CCC(C(=O)OCOC(=O)C=C)CC4)c(C(=O)OCC=C)c3)CC2)ccc1OC(=O)C1CCC(C(=O)OCOC(=O)C=C)CC1. The molecule has 0 heterocycles. The molecule has 2 aromatic rings. The molecule has 5 rings (SSSR count). The third-order valence-electron chi connectivity index (χ3n) is 12.2. The molecule has 384 valence electrons. The summed E-state index contributed by atoms with van der Waals surface area (Å²) >= 11 is 0. The molecular weight excluding hydrogens is 945 g/mol. The Morgan fingerprint density at radius 3 is 0.972 bits per heavy atom. The van der Waals surface area contributed by atoms with Gasteiger partial charge in [0, 0.05) is 12.2 Å². The maximum absolute atomic E-state index is 13.4. The van der Waals surface area contributed by atoms with Crippen LogP contribution in [-0.2, 0) is 66.8 Å². The van der Waals surface area contributed by atoms with Crippen molar-refractivity contribution in [2.75, 3.05) is 26.8 Å². The van der Waals surface area contributed by atoms with Gasteiger partial charge in [0.1, 0.15) is 47.3 Å². The topological polar surface area (TPSA) is 263 Å². The summed E-state index contributed by atoms with van der Waals surface area (Å²) in [5.41, 5.74) is -0.382. The summed E-state index contributed by atoms with van der Waals surface area (Å²) in [6, 6.07) is 7.75. The first-order valence-corrected chi connectivity index (χ1v) is 23.3. The zero-order chi connectivity index (χ0) is 52.2. The van der Waals surface area contributed by atoms with E-state index in [2.05, 4.69) is 35.8 Å². The van der Waals surface area contributed by atoms with Crippen LogP contribution in [-0.4, -0.2) is 86.5 Å². The minimum Gasteiger partial charge on any atom is -0.458 e. The summed E-state index contributed by atoms with van der Waals surface area (Å²) in [6.07, 6.45) is 7.89. The van der Waals surface area contributed by atoms with Gasteiger partial charge >= 0.3 is 59.7 Å². The fourth-order valence-corrected chi connectivity index (χ4v) is 8.19. The monoisotopic (exact) mass is 1000 g/mol. The van der Waals surface area contributed by atoms with Crippen molar-refractivity contribution in [3.63, 3.8) is 0 Å². The lowest BCUT2D eigenvalue weighted by molar-refractivity contribution is -0.170. The smallest absolute Gasteiger partial charge is 0.342 e. The normalized spacial score (nSPS) is 20.3. The molecule has 3 aliphatic rings. The van der Waals surface area contributed by atoms with Gasteiger partial charge in [0.05, 0.1) is 35.5 Å². The first-order chi connectivity index (χ1) is 34.6. The predicted molar refractivity (Wildman–Crippen MR) is 247 cm³/mol. The Kier molecular flexibility index (Phi) is 21.0. The number of hydrogen-bond acceptors (Lipinski definition) is 20. The van der Waals surface area contributed by atoms with Crippen molar-refractivity contribution < 1.29 is 95.3 Å². The maximum Gasteiger partial charge on any atom is 0.342 e. The molecule has 0 radical (unpaired) electrons. The molecule has 3 saturated carbocycles. The molecule has 0 amide bonds. The Hall–Kier alpha value is -7.90. The van der Waals surface area contributed by atoms with E-state index in [1.54, 1.807) is 0 Å². The number of ether oxygens (including phenoxy) is 10. The Balaban J connectivity index is 1.13. The summed E-state index contributed by atoms with van der Waals surface area (Å²) in [5.74, 6) is -10.8. The lowest BCUT2D eigenvalue weighted by atomic mass is 9.82. The van der Waals surface area contributed by atoms with Crippen LogP contribution in [0.25, 0.3) is 0 Å². The van der Waals surface area contributed by atoms with Gasteiger partial charge < -0.3 is 47.4 Å². The van der Waals surface area contributed by atoms with E-state index in [0.717, 1.165) is 12.2 Å². The van der Waals surface area contributed by atoms with Gasteiger partial charge in [0.25, 0.3) is 0 Å². The quantitative estimate of drug-likeness (QED) is 0.0301. The highest BCUT2D eigenvalue weighted by atomic mass is 16.7. The number of benzene rings is 2. The first kappa shape index (κ1) is 55.0. The first-order valence-electron chi connectivity index (χ1n) is 23.3. The fourth-order valence-electron chi connectivity index (χ4n) is 8.19. The molecule has 0 aliphatic heterocycles. The van der Waals surface area contributed by atoms with E-state index in [9.17, 15) is 47.9 Å². The molecule has 0 spiro atoms. The van der Waals surface area contributed by atoms with Gasteiger partial charge in [-0.3, -0.25) is 28.8 Å². The van der Waals surface area contributed by atoms with Crippen LogP contribution in [0.3, 0.4) is 0 Å². The number of esters is 10. The van der Waals surface area contributed by atoms with Crippen molar-refractivity contribution in [3.8, 4) is 23.0 Å². The minimum absolute atomic E-state index is 0.0300. The number of rotatable bonds is 22. The summed E-state index contributed by atoms with van der Waals surface area (Å²) in [4.78, 5) is 127. The molecule has 2 aromatic carbocycles. The molecule has 3 fully saturated rings. The van der Waals surface area contributed by atoms with Gasteiger partial charge in [-0.25, -0.2) is 19.2 Å². The lowest BCUT2D eigenvalue weighted by Gasteiger charge is -2.26.